The summed E-state index contributed by atoms with van der Waals surface area (Å²) in [6, 6.07) is 25.0. The van der Waals surface area contributed by atoms with Crippen LogP contribution in [0.2, 0.25) is 10.0 Å². The van der Waals surface area contributed by atoms with E-state index in [2.05, 4.69) is 53.1 Å². The second kappa shape index (κ2) is 14.7. The van der Waals surface area contributed by atoms with Gasteiger partial charge < -0.3 is 20.1 Å². The molecule has 8 heteroatoms. The number of rotatable bonds is 12. The van der Waals surface area contributed by atoms with Crippen LogP contribution in [0.15, 0.2) is 72.8 Å². The van der Waals surface area contributed by atoms with Crippen LogP contribution in [0.4, 0.5) is 5.69 Å². The highest BCUT2D eigenvalue weighted by Crippen LogP contribution is 2.37. The van der Waals surface area contributed by atoms with E-state index in [1.807, 2.05) is 30.3 Å². The molecule has 0 aliphatic carbocycles. The fourth-order valence-corrected chi connectivity index (χ4v) is 5.85. The van der Waals surface area contributed by atoms with Crippen LogP contribution in [0, 0.1) is 0 Å². The first-order valence-corrected chi connectivity index (χ1v) is 15.5. The number of hydrogen-bond acceptors (Lipinski definition) is 5. The molecular weight excluding hydrogens is 569 g/mol. The monoisotopic (exact) mass is 606 g/mol. The smallest absolute Gasteiger partial charge is 0.305 e. The van der Waals surface area contributed by atoms with E-state index in [-0.39, 0.29) is 11.9 Å². The van der Waals surface area contributed by atoms with Crippen molar-refractivity contribution < 1.29 is 19.6 Å². The van der Waals surface area contributed by atoms with Crippen molar-refractivity contribution in [2.75, 3.05) is 32.1 Å². The van der Waals surface area contributed by atoms with Crippen LogP contribution < -0.4 is 15.4 Å². The minimum absolute atomic E-state index is 0.00183. The molecule has 4 aromatic rings. The Morgan fingerprint density at radius 3 is 2.19 bits per heavy atom. The summed E-state index contributed by atoms with van der Waals surface area (Å²) in [5, 5.41) is 8.69. The number of hydrogen-bond donors (Lipinski definition) is 2. The lowest BCUT2D eigenvalue weighted by atomic mass is 9.84. The number of ether oxygens (including phenoxy) is 2. The number of carbonyl (C=O) groups excluding carboxylic acids is 1. The maximum Gasteiger partial charge on any atom is 0.305 e. The molecule has 1 aliphatic rings. The minimum atomic E-state index is -0.170. The first-order valence-electron chi connectivity index (χ1n) is 14.7. The van der Waals surface area contributed by atoms with Gasteiger partial charge >= 0.3 is 5.97 Å². The van der Waals surface area contributed by atoms with Crippen LogP contribution in [0.5, 0.6) is 5.88 Å². The van der Waals surface area contributed by atoms with Crippen molar-refractivity contribution in [3.63, 3.8) is 0 Å². The third-order valence-electron chi connectivity index (χ3n) is 7.85. The van der Waals surface area contributed by atoms with Crippen molar-refractivity contribution >= 4 is 45.8 Å². The summed E-state index contributed by atoms with van der Waals surface area (Å²) in [5.74, 6) is 0.443. The van der Waals surface area contributed by atoms with Gasteiger partial charge in [-0.05, 0) is 72.4 Å². The van der Waals surface area contributed by atoms with Gasteiger partial charge in [-0.1, -0.05) is 53.5 Å². The van der Waals surface area contributed by atoms with E-state index in [1.54, 1.807) is 0 Å². The Morgan fingerprint density at radius 2 is 1.55 bits per heavy atom. The van der Waals surface area contributed by atoms with Crippen LogP contribution in [-0.2, 0) is 9.53 Å². The maximum absolute atomic E-state index is 11.4. The number of pyridine rings is 1. The Bertz CT molecular complexity index is 1430. The van der Waals surface area contributed by atoms with E-state index in [0.29, 0.717) is 35.0 Å². The van der Waals surface area contributed by atoms with E-state index in [1.165, 1.54) is 7.11 Å². The standard InChI is InChI=1S/C34H37Cl2N3O3/c1-41-33(40)5-3-2-4-20-42-32-22-31(38-28-16-18-37-19-17-28)29-21-25(10-15-30(29)39-32)34(23-6-11-26(35)12-7-23)24-8-13-27(36)14-9-24/h6-15,21-22,28,34,37H,2-5,16-20H2,1H3,(H,38,39)/p+1. The third kappa shape index (κ3) is 7.94. The molecule has 220 valence electrons. The first-order chi connectivity index (χ1) is 20.5. The summed E-state index contributed by atoms with van der Waals surface area (Å²) < 4.78 is 10.8. The highest BCUT2D eigenvalue weighted by atomic mass is 35.5. The SMILES string of the molecule is COC(=O)CCCCCOc1cc(NC2CC[NH2+]CC2)c2cc(C(c3ccc(Cl)cc3)c3ccc(Cl)cc3)ccc2n1. The molecule has 3 N–H and O–H groups in total. The number of carbonyl (C=O) groups is 1. The highest BCUT2D eigenvalue weighted by Gasteiger charge is 2.21. The number of esters is 1. The molecule has 1 aromatic heterocycles. The molecule has 0 bridgehead atoms. The van der Waals surface area contributed by atoms with Gasteiger partial charge in [-0.2, -0.15) is 0 Å². The van der Waals surface area contributed by atoms with E-state index in [9.17, 15) is 4.79 Å². The lowest BCUT2D eigenvalue weighted by molar-refractivity contribution is -0.662. The number of fused-ring (bicyclic) bond motifs is 1. The number of nitrogens with one attached hydrogen (secondary N) is 1. The molecule has 3 aromatic carbocycles. The Hall–Kier alpha value is -3.32. The van der Waals surface area contributed by atoms with Crippen molar-refractivity contribution in [1.29, 1.82) is 0 Å². The zero-order valence-corrected chi connectivity index (χ0v) is 25.5. The third-order valence-corrected chi connectivity index (χ3v) is 8.35. The lowest BCUT2D eigenvalue weighted by Gasteiger charge is -2.24. The topological polar surface area (TPSA) is 77.1 Å². The Balaban J connectivity index is 1.45. The molecule has 1 fully saturated rings. The summed E-state index contributed by atoms with van der Waals surface area (Å²) in [5.41, 5.74) is 5.39. The fourth-order valence-electron chi connectivity index (χ4n) is 5.60. The summed E-state index contributed by atoms with van der Waals surface area (Å²) in [6.07, 6.45) is 5.19. The molecule has 1 aliphatic heterocycles. The van der Waals surface area contributed by atoms with Gasteiger partial charge in [0.1, 0.15) is 0 Å². The van der Waals surface area contributed by atoms with Crippen molar-refractivity contribution in [3.05, 3.63) is 99.5 Å². The largest absolute Gasteiger partial charge is 0.478 e. The van der Waals surface area contributed by atoms with E-state index < -0.39 is 0 Å². The zero-order valence-electron chi connectivity index (χ0n) is 24.0. The molecule has 0 unspecified atom stereocenters. The Morgan fingerprint density at radius 1 is 0.905 bits per heavy atom. The second-order valence-corrected chi connectivity index (χ2v) is 11.7. The molecule has 0 saturated carbocycles. The normalized spacial score (nSPS) is 13.8. The van der Waals surface area contributed by atoms with Crippen LogP contribution >= 0.6 is 23.2 Å². The predicted molar refractivity (Wildman–Crippen MR) is 170 cm³/mol. The average molecular weight is 608 g/mol. The molecule has 0 atom stereocenters. The zero-order chi connectivity index (χ0) is 29.3. The second-order valence-electron chi connectivity index (χ2n) is 10.8. The minimum Gasteiger partial charge on any atom is -0.478 e. The number of benzene rings is 3. The first kappa shape index (κ1) is 30.1. The average Bonchev–Trinajstić information content (AvgIpc) is 3.01. The van der Waals surface area contributed by atoms with Crippen molar-refractivity contribution in [1.82, 2.24) is 4.98 Å². The van der Waals surface area contributed by atoms with Gasteiger partial charge in [0, 0.05) is 58.4 Å². The van der Waals surface area contributed by atoms with Gasteiger partial charge in [0.25, 0.3) is 0 Å². The van der Waals surface area contributed by atoms with E-state index in [4.69, 9.17) is 37.7 Å². The number of quaternary nitrogens is 1. The number of piperidine rings is 1. The van der Waals surface area contributed by atoms with Crippen LogP contribution in [0.1, 0.15) is 61.1 Å². The molecule has 2 heterocycles. The Labute approximate surface area is 257 Å². The number of nitrogens with zero attached hydrogens (tertiary/aromatic N) is 1. The van der Waals surface area contributed by atoms with E-state index >= 15 is 0 Å². The van der Waals surface area contributed by atoms with Crippen LogP contribution in [-0.4, -0.2) is 43.8 Å². The predicted octanol–water partition coefficient (Wildman–Crippen LogP) is 6.97. The van der Waals surface area contributed by atoms with Gasteiger partial charge in [-0.25, -0.2) is 4.98 Å². The molecule has 1 saturated heterocycles. The van der Waals surface area contributed by atoms with Gasteiger partial charge in [0.2, 0.25) is 5.88 Å². The summed E-state index contributed by atoms with van der Waals surface area (Å²) >= 11 is 12.5. The number of aromatic nitrogens is 1. The maximum atomic E-state index is 11.4. The quantitative estimate of drug-likeness (QED) is 0.103. The van der Waals surface area contributed by atoms with Crippen molar-refractivity contribution in [2.24, 2.45) is 0 Å². The van der Waals surface area contributed by atoms with Crippen LogP contribution in [0.3, 0.4) is 0 Å². The number of unbranched alkanes of at least 4 members (excludes halogenated alkanes) is 2. The summed E-state index contributed by atoms with van der Waals surface area (Å²) in [7, 11) is 1.42. The Kier molecular flexibility index (Phi) is 10.6. The number of anilines is 1. The van der Waals surface area contributed by atoms with E-state index in [0.717, 1.165) is 78.5 Å². The lowest BCUT2D eigenvalue weighted by Crippen LogP contribution is -2.87. The number of methoxy groups -OCH3 is 1. The summed E-state index contributed by atoms with van der Waals surface area (Å²) in [4.78, 5) is 16.2. The molecule has 0 radical (unpaired) electrons. The van der Waals surface area contributed by atoms with Gasteiger partial charge in [0.15, 0.2) is 0 Å². The fraction of sp³-hybridized carbons (Fsp3) is 0.353. The molecule has 0 spiro atoms. The van der Waals surface area contributed by atoms with Gasteiger partial charge in [-0.3, -0.25) is 4.79 Å². The number of halogens is 2. The van der Waals surface area contributed by atoms with Crippen molar-refractivity contribution in [3.8, 4) is 5.88 Å². The molecule has 5 rings (SSSR count). The molecule has 42 heavy (non-hydrogen) atoms. The molecular formula is C34H38Cl2N3O3+. The summed E-state index contributed by atoms with van der Waals surface area (Å²) in [6.45, 7) is 2.79. The van der Waals surface area contributed by atoms with Gasteiger partial charge in [0.05, 0.1) is 32.3 Å². The molecule has 0 amide bonds. The van der Waals surface area contributed by atoms with Crippen LogP contribution in [0.25, 0.3) is 10.9 Å². The number of nitrogens with two attached hydrogens (primary N) is 1. The van der Waals surface area contributed by atoms with Gasteiger partial charge in [-0.15, -0.1) is 0 Å². The highest BCUT2D eigenvalue weighted by molar-refractivity contribution is 6.30. The van der Waals surface area contributed by atoms with Crippen molar-refractivity contribution in [2.45, 2.75) is 50.5 Å². The molecule has 6 nitrogen and oxygen atoms in total.